The van der Waals surface area contributed by atoms with Gasteiger partial charge < -0.3 is 0 Å². The predicted octanol–water partition coefficient (Wildman–Crippen LogP) is 12.4. The van der Waals surface area contributed by atoms with E-state index in [0.29, 0.717) is 0 Å². The molecule has 0 N–H and O–H groups in total. The molecule has 5 aromatic carbocycles. The van der Waals surface area contributed by atoms with E-state index in [2.05, 4.69) is 12.1 Å². The standard InChI is InChI=1S/C32H12BF24.C10H10NO/c34-25(35,36)13-1-14(26(37,38)39)6-21(5-13)33(22-7-15(27(40,41)42)2-16(8-22)28(43,44)45,23-9-17(29(46,47)48)3-18(10-23)30(49,50)51)24-11-19(31(52,53)54)4-20(12-24)32(55,56)57;1-12-11-8-4-6-9-5-2-3-7-10(9)11/h1-12H;2-8H,1H3/q-1;+1. The highest BCUT2D eigenvalue weighted by Crippen LogP contribution is 2.41. The molecular formula is C42H22BF24NO. The molecule has 1 heterocycles. The molecular weight excluding hydrogens is 1000 g/mol. The molecule has 0 atom stereocenters. The monoisotopic (exact) mass is 1020 g/mol. The molecule has 2 nitrogen and oxygen atoms in total. The molecule has 0 fully saturated rings. The molecule has 6 rings (SSSR count). The van der Waals surface area contributed by atoms with Crippen LogP contribution < -0.4 is 31.4 Å². The van der Waals surface area contributed by atoms with Crippen molar-refractivity contribution < 1.29 is 115 Å². The number of hydrogen-bond acceptors (Lipinski definition) is 1. The normalized spacial score (nSPS) is 13.6. The molecule has 372 valence electrons. The summed E-state index contributed by atoms with van der Waals surface area (Å²) in [6.07, 6.45) is -52.9. The van der Waals surface area contributed by atoms with Crippen molar-refractivity contribution in [1.29, 1.82) is 0 Å². The molecule has 0 aliphatic rings. The van der Waals surface area contributed by atoms with E-state index in [1.807, 2.05) is 30.5 Å². The topological polar surface area (TPSA) is 13.1 Å². The Kier molecular flexibility index (Phi) is 13.9. The molecule has 0 aliphatic heterocycles. The first-order valence-electron chi connectivity index (χ1n) is 18.5. The Morgan fingerprint density at radius 3 is 0.754 bits per heavy atom. The summed E-state index contributed by atoms with van der Waals surface area (Å²) in [5.41, 5.74) is -29.1. The van der Waals surface area contributed by atoms with Gasteiger partial charge in [-0.05, 0) is 36.4 Å². The fraction of sp³-hybridized carbons (Fsp3) is 0.214. The van der Waals surface area contributed by atoms with Gasteiger partial charge in [-0.25, -0.2) is 0 Å². The van der Waals surface area contributed by atoms with Crippen LogP contribution in [0.15, 0.2) is 115 Å². The van der Waals surface area contributed by atoms with Crippen LogP contribution in [0.3, 0.4) is 0 Å². The highest BCUT2D eigenvalue weighted by Gasteiger charge is 2.47. The maximum atomic E-state index is 14.2. The van der Waals surface area contributed by atoms with Crippen molar-refractivity contribution in [1.82, 2.24) is 0 Å². The number of para-hydroxylation sites is 1. The summed E-state index contributed by atoms with van der Waals surface area (Å²) in [5, 5.41) is 1.18. The first kappa shape index (κ1) is 53.6. The van der Waals surface area contributed by atoms with Crippen LogP contribution in [-0.4, -0.2) is 13.3 Å². The van der Waals surface area contributed by atoms with E-state index >= 15 is 0 Å². The van der Waals surface area contributed by atoms with Gasteiger partial charge in [-0.2, -0.15) is 127 Å². The SMILES string of the molecule is CO[n+]1cccc2ccccc21.FC(F)(F)c1cc([B-](c2cc(C(F)(F)F)cc(C(F)(F)F)c2)(c2cc(C(F)(F)F)cc(C(F)(F)F)c2)c2cc(C(F)(F)F)cc(C(F)(F)F)c2)cc(C(F)(F)F)c1. The number of nitrogens with zero attached hydrogens (tertiary/aromatic N) is 1. The molecule has 0 aliphatic carbocycles. The fourth-order valence-corrected chi connectivity index (χ4v) is 7.36. The summed E-state index contributed by atoms with van der Waals surface area (Å²) < 4.78 is 343. The second-order valence-electron chi connectivity index (χ2n) is 14.8. The molecule has 0 radical (unpaired) electrons. The summed E-state index contributed by atoms with van der Waals surface area (Å²) in [6, 6.07) is 3.32. The lowest BCUT2D eigenvalue weighted by atomic mass is 9.12. The van der Waals surface area contributed by atoms with Crippen LogP contribution in [0.1, 0.15) is 44.5 Å². The molecule has 0 unspecified atom stereocenters. The quantitative estimate of drug-likeness (QED) is 0.0953. The Bertz CT molecular complexity index is 2380. The summed E-state index contributed by atoms with van der Waals surface area (Å²) in [5.74, 6) is 0. The average molecular weight is 1020 g/mol. The van der Waals surface area contributed by atoms with Gasteiger partial charge in [0.2, 0.25) is 6.20 Å². The van der Waals surface area contributed by atoms with Crippen LogP contribution in [0.4, 0.5) is 105 Å². The maximum absolute atomic E-state index is 14.2. The van der Waals surface area contributed by atoms with E-state index in [-0.39, 0.29) is 0 Å². The van der Waals surface area contributed by atoms with Crippen LogP contribution in [0.2, 0.25) is 0 Å². The Labute approximate surface area is 370 Å². The Morgan fingerprint density at radius 2 is 0.536 bits per heavy atom. The molecule has 1 aromatic heterocycles. The van der Waals surface area contributed by atoms with Gasteiger partial charge in [0.15, 0.2) is 0 Å². The second-order valence-corrected chi connectivity index (χ2v) is 14.8. The van der Waals surface area contributed by atoms with E-state index in [4.69, 9.17) is 4.84 Å². The number of pyridine rings is 1. The lowest BCUT2D eigenvalue weighted by Gasteiger charge is -2.46. The van der Waals surface area contributed by atoms with Crippen LogP contribution in [0, 0.1) is 0 Å². The first-order chi connectivity index (χ1) is 31.2. The Hall–Kier alpha value is -6.31. The predicted molar refractivity (Wildman–Crippen MR) is 197 cm³/mol. The van der Waals surface area contributed by atoms with Crippen molar-refractivity contribution in [3.63, 3.8) is 0 Å². The number of benzene rings is 5. The zero-order valence-electron chi connectivity index (χ0n) is 33.5. The zero-order valence-corrected chi connectivity index (χ0v) is 33.5. The maximum Gasteiger partial charge on any atom is 0.416 e. The summed E-state index contributed by atoms with van der Waals surface area (Å²) in [4.78, 5) is 5.14. The third-order valence-corrected chi connectivity index (χ3v) is 10.3. The van der Waals surface area contributed by atoms with Crippen molar-refractivity contribution in [2.45, 2.75) is 49.4 Å². The molecule has 0 spiro atoms. The minimum absolute atomic E-state index is 0.691. The third kappa shape index (κ3) is 11.8. The van der Waals surface area contributed by atoms with Gasteiger partial charge in [0.1, 0.15) is 13.3 Å². The van der Waals surface area contributed by atoms with Gasteiger partial charge in [-0.1, -0.05) is 60.7 Å². The number of fused-ring (bicyclic) bond motifs is 1. The molecule has 0 saturated heterocycles. The smallest absolute Gasteiger partial charge is 0.274 e. The van der Waals surface area contributed by atoms with Crippen LogP contribution in [-0.2, 0) is 49.4 Å². The summed E-state index contributed by atoms with van der Waals surface area (Å²) in [7, 11) is 1.66. The van der Waals surface area contributed by atoms with E-state index in [1.165, 1.54) is 5.39 Å². The van der Waals surface area contributed by atoms with Crippen molar-refractivity contribution in [3.8, 4) is 0 Å². The molecule has 0 saturated carbocycles. The van der Waals surface area contributed by atoms with Gasteiger partial charge >= 0.3 is 49.4 Å². The lowest BCUT2D eigenvalue weighted by Crippen LogP contribution is -2.75. The minimum atomic E-state index is -6.13. The zero-order chi connectivity index (χ0) is 52.3. The Morgan fingerprint density at radius 1 is 0.319 bits per heavy atom. The van der Waals surface area contributed by atoms with Gasteiger partial charge in [0, 0.05) is 16.9 Å². The number of alkyl halides is 24. The summed E-state index contributed by atoms with van der Waals surface area (Å²) in [6.45, 7) is 0. The Balaban J connectivity index is 0.000000636. The number of rotatable bonds is 5. The first-order valence-corrected chi connectivity index (χ1v) is 18.5. The highest BCUT2D eigenvalue weighted by atomic mass is 19.4. The van der Waals surface area contributed by atoms with Crippen LogP contribution in [0.5, 0.6) is 0 Å². The molecule has 0 bridgehead atoms. The fourth-order valence-electron chi connectivity index (χ4n) is 7.36. The number of halogens is 24. The van der Waals surface area contributed by atoms with Gasteiger partial charge in [0.25, 0.3) is 5.52 Å². The van der Waals surface area contributed by atoms with Gasteiger partial charge in [0.05, 0.1) is 49.9 Å². The third-order valence-electron chi connectivity index (χ3n) is 10.3. The second kappa shape index (κ2) is 17.9. The van der Waals surface area contributed by atoms with Gasteiger partial charge in [-0.3, -0.25) is 4.84 Å². The van der Waals surface area contributed by atoms with Crippen molar-refractivity contribution >= 4 is 38.9 Å². The van der Waals surface area contributed by atoms with E-state index in [9.17, 15) is 105 Å². The molecule has 0 amide bonds. The highest BCUT2D eigenvalue weighted by molar-refractivity contribution is 7.20. The molecule has 27 heteroatoms. The van der Waals surface area contributed by atoms with Crippen molar-refractivity contribution in [2.75, 3.05) is 7.11 Å². The molecule has 69 heavy (non-hydrogen) atoms. The largest absolute Gasteiger partial charge is 0.416 e. The van der Waals surface area contributed by atoms with E-state index < -0.39 is 195 Å². The average Bonchev–Trinajstić information content (AvgIpc) is 3.21. The minimum Gasteiger partial charge on any atom is -0.274 e. The van der Waals surface area contributed by atoms with Crippen LogP contribution in [0.25, 0.3) is 10.9 Å². The summed E-state index contributed by atoms with van der Waals surface area (Å²) >= 11 is 0. The number of hydrogen-bond donors (Lipinski definition) is 0. The van der Waals surface area contributed by atoms with E-state index in [0.717, 1.165) is 5.52 Å². The van der Waals surface area contributed by atoms with Crippen molar-refractivity contribution in [2.24, 2.45) is 0 Å². The molecule has 6 aromatic rings. The van der Waals surface area contributed by atoms with Crippen LogP contribution >= 0.6 is 0 Å². The number of aromatic nitrogens is 1. The van der Waals surface area contributed by atoms with E-state index in [1.54, 1.807) is 11.8 Å². The van der Waals surface area contributed by atoms with Gasteiger partial charge in [-0.15, -0.1) is 0 Å². The van der Waals surface area contributed by atoms with Crippen molar-refractivity contribution in [3.05, 3.63) is 160 Å². The lowest BCUT2D eigenvalue weighted by molar-refractivity contribution is -0.865.